The van der Waals surface area contributed by atoms with Crippen LogP contribution in [-0.4, -0.2) is 67.8 Å². The Bertz CT molecular complexity index is 299. The van der Waals surface area contributed by atoms with Crippen molar-refractivity contribution in [3.8, 4) is 0 Å². The average Bonchev–Trinajstić information content (AvgIpc) is 2.53. The van der Waals surface area contributed by atoms with E-state index in [1.807, 2.05) is 11.9 Å². The molecule has 1 aliphatic heterocycles. The van der Waals surface area contributed by atoms with Crippen LogP contribution >= 0.6 is 0 Å². The number of rotatable bonds is 4. The molecule has 1 saturated carbocycles. The van der Waals surface area contributed by atoms with Crippen molar-refractivity contribution in [2.75, 3.05) is 39.9 Å². The Kier molecular flexibility index (Phi) is 6.10. The van der Waals surface area contributed by atoms with Gasteiger partial charge in [0, 0.05) is 38.8 Å². The van der Waals surface area contributed by atoms with Gasteiger partial charge < -0.3 is 15.0 Å². The summed E-state index contributed by atoms with van der Waals surface area (Å²) < 4.78 is 5.36. The van der Waals surface area contributed by atoms with E-state index in [0.29, 0.717) is 12.1 Å². The van der Waals surface area contributed by atoms with Crippen LogP contribution in [0.25, 0.3) is 0 Å². The second kappa shape index (κ2) is 7.84. The molecule has 2 rings (SSSR count). The molecule has 0 spiro atoms. The average molecular weight is 283 g/mol. The minimum absolute atomic E-state index is 0.0806. The van der Waals surface area contributed by atoms with Gasteiger partial charge in [-0.25, -0.2) is 4.79 Å². The maximum atomic E-state index is 12.2. The zero-order valence-corrected chi connectivity index (χ0v) is 12.9. The Balaban J connectivity index is 1.70. The normalized spacial score (nSPS) is 23.3. The maximum absolute atomic E-state index is 12.2. The Morgan fingerprint density at radius 1 is 1.30 bits per heavy atom. The molecule has 5 nitrogen and oxygen atoms in total. The third-order valence-corrected chi connectivity index (χ3v) is 4.66. The van der Waals surface area contributed by atoms with Gasteiger partial charge >= 0.3 is 6.03 Å². The minimum atomic E-state index is 0.0806. The van der Waals surface area contributed by atoms with Gasteiger partial charge in [0.1, 0.15) is 0 Å². The Labute approximate surface area is 122 Å². The first-order valence-electron chi connectivity index (χ1n) is 8.01. The molecule has 0 aromatic heterocycles. The molecule has 1 aliphatic carbocycles. The van der Waals surface area contributed by atoms with E-state index in [2.05, 4.69) is 17.1 Å². The van der Waals surface area contributed by atoms with Gasteiger partial charge in [-0.3, -0.25) is 4.90 Å². The van der Waals surface area contributed by atoms with Gasteiger partial charge in [0.2, 0.25) is 0 Å². The van der Waals surface area contributed by atoms with Crippen LogP contribution in [0.3, 0.4) is 0 Å². The van der Waals surface area contributed by atoms with Gasteiger partial charge in [-0.1, -0.05) is 19.3 Å². The molecule has 0 bridgehead atoms. The van der Waals surface area contributed by atoms with E-state index in [0.717, 1.165) is 45.7 Å². The minimum Gasteiger partial charge on any atom is -0.379 e. The fraction of sp³-hybridized carbons (Fsp3) is 0.933. The summed E-state index contributed by atoms with van der Waals surface area (Å²) in [6.07, 6.45) is 6.14. The van der Waals surface area contributed by atoms with Gasteiger partial charge in [0.05, 0.1) is 13.2 Å². The van der Waals surface area contributed by atoms with Crippen LogP contribution in [0.15, 0.2) is 0 Å². The van der Waals surface area contributed by atoms with E-state index in [1.165, 1.54) is 19.3 Å². The van der Waals surface area contributed by atoms with Crippen LogP contribution in [0, 0.1) is 0 Å². The third kappa shape index (κ3) is 4.35. The number of hydrogen-bond acceptors (Lipinski definition) is 3. The van der Waals surface area contributed by atoms with Gasteiger partial charge in [0.25, 0.3) is 0 Å². The zero-order chi connectivity index (χ0) is 14.4. The molecule has 1 N–H and O–H groups in total. The van der Waals surface area contributed by atoms with E-state index in [9.17, 15) is 4.79 Å². The lowest BCUT2D eigenvalue weighted by Gasteiger charge is -2.34. The fourth-order valence-corrected chi connectivity index (χ4v) is 3.14. The smallest absolute Gasteiger partial charge is 0.317 e. The molecule has 1 saturated heterocycles. The Morgan fingerprint density at radius 3 is 2.60 bits per heavy atom. The standard InChI is InChI=1S/C15H29N3O2/c1-13(18-8-10-20-11-9-18)12-16-15(19)17(2)14-6-4-3-5-7-14/h13-14H,3-12H2,1-2H3,(H,16,19). The lowest BCUT2D eigenvalue weighted by atomic mass is 9.95. The van der Waals surface area contributed by atoms with Crippen LogP contribution in [0.2, 0.25) is 0 Å². The highest BCUT2D eigenvalue weighted by Gasteiger charge is 2.23. The van der Waals surface area contributed by atoms with Crippen molar-refractivity contribution in [3.63, 3.8) is 0 Å². The Hall–Kier alpha value is -0.810. The first kappa shape index (κ1) is 15.6. The molecule has 5 heteroatoms. The second-order valence-electron chi connectivity index (χ2n) is 6.09. The van der Waals surface area contributed by atoms with Crippen LogP contribution in [0.4, 0.5) is 4.79 Å². The molecule has 1 unspecified atom stereocenters. The number of ether oxygens (including phenoxy) is 1. The lowest BCUT2D eigenvalue weighted by molar-refractivity contribution is 0.0206. The van der Waals surface area contributed by atoms with Crippen molar-refractivity contribution >= 4 is 6.03 Å². The highest BCUT2D eigenvalue weighted by Crippen LogP contribution is 2.21. The van der Waals surface area contributed by atoms with Crippen LogP contribution in [0.1, 0.15) is 39.0 Å². The van der Waals surface area contributed by atoms with Crippen molar-refractivity contribution in [2.45, 2.75) is 51.1 Å². The maximum Gasteiger partial charge on any atom is 0.317 e. The van der Waals surface area contributed by atoms with E-state index in [-0.39, 0.29) is 6.03 Å². The van der Waals surface area contributed by atoms with E-state index >= 15 is 0 Å². The van der Waals surface area contributed by atoms with Crippen LogP contribution in [-0.2, 0) is 4.74 Å². The molecule has 2 aliphatic rings. The van der Waals surface area contributed by atoms with Gasteiger partial charge in [-0.15, -0.1) is 0 Å². The molecule has 2 amide bonds. The van der Waals surface area contributed by atoms with Crippen molar-refractivity contribution < 1.29 is 9.53 Å². The van der Waals surface area contributed by atoms with Gasteiger partial charge in [0.15, 0.2) is 0 Å². The molecule has 0 aromatic carbocycles. The van der Waals surface area contributed by atoms with Crippen molar-refractivity contribution in [2.24, 2.45) is 0 Å². The van der Waals surface area contributed by atoms with Gasteiger partial charge in [-0.2, -0.15) is 0 Å². The lowest BCUT2D eigenvalue weighted by Crippen LogP contribution is -2.50. The number of nitrogens with zero attached hydrogens (tertiary/aromatic N) is 2. The number of amides is 2. The summed E-state index contributed by atoms with van der Waals surface area (Å²) in [5, 5.41) is 3.08. The Morgan fingerprint density at radius 2 is 1.95 bits per heavy atom. The highest BCUT2D eigenvalue weighted by molar-refractivity contribution is 5.74. The second-order valence-corrected chi connectivity index (χ2v) is 6.09. The highest BCUT2D eigenvalue weighted by atomic mass is 16.5. The first-order valence-corrected chi connectivity index (χ1v) is 8.01. The van der Waals surface area contributed by atoms with Crippen LogP contribution in [0.5, 0.6) is 0 Å². The first-order chi connectivity index (χ1) is 9.68. The van der Waals surface area contributed by atoms with Crippen molar-refractivity contribution in [1.29, 1.82) is 0 Å². The number of nitrogens with one attached hydrogen (secondary N) is 1. The predicted molar refractivity (Wildman–Crippen MR) is 79.9 cm³/mol. The summed E-state index contributed by atoms with van der Waals surface area (Å²) in [6, 6.07) is 0.891. The summed E-state index contributed by atoms with van der Waals surface area (Å²) in [6.45, 7) is 6.44. The van der Waals surface area contributed by atoms with Crippen molar-refractivity contribution in [3.05, 3.63) is 0 Å². The summed E-state index contributed by atoms with van der Waals surface area (Å²) >= 11 is 0. The summed E-state index contributed by atoms with van der Waals surface area (Å²) in [5.74, 6) is 0. The molecule has 1 atom stereocenters. The summed E-state index contributed by atoms with van der Waals surface area (Å²) in [5.41, 5.74) is 0. The number of urea groups is 1. The van der Waals surface area contributed by atoms with Crippen LogP contribution < -0.4 is 5.32 Å². The molecule has 2 fully saturated rings. The number of morpholine rings is 1. The molecule has 116 valence electrons. The number of carbonyl (C=O) groups is 1. The molecule has 1 heterocycles. The van der Waals surface area contributed by atoms with E-state index in [4.69, 9.17) is 4.74 Å². The van der Waals surface area contributed by atoms with Crippen molar-refractivity contribution in [1.82, 2.24) is 15.1 Å². The number of hydrogen-bond donors (Lipinski definition) is 1. The quantitative estimate of drug-likeness (QED) is 0.854. The monoisotopic (exact) mass is 283 g/mol. The van der Waals surface area contributed by atoms with E-state index in [1.54, 1.807) is 0 Å². The summed E-state index contributed by atoms with van der Waals surface area (Å²) in [7, 11) is 1.94. The summed E-state index contributed by atoms with van der Waals surface area (Å²) in [4.78, 5) is 16.5. The molecule has 20 heavy (non-hydrogen) atoms. The largest absolute Gasteiger partial charge is 0.379 e. The molecule has 0 radical (unpaired) electrons. The SMILES string of the molecule is CC(CNC(=O)N(C)C1CCCCC1)N1CCOCC1. The topological polar surface area (TPSA) is 44.8 Å². The predicted octanol–water partition coefficient (Wildman–Crippen LogP) is 1.68. The third-order valence-electron chi connectivity index (χ3n) is 4.66. The fourth-order valence-electron chi connectivity index (χ4n) is 3.14. The zero-order valence-electron chi connectivity index (χ0n) is 12.9. The van der Waals surface area contributed by atoms with E-state index < -0.39 is 0 Å². The molecule has 0 aromatic rings. The van der Waals surface area contributed by atoms with Gasteiger partial charge in [-0.05, 0) is 19.8 Å². The number of carbonyl (C=O) groups excluding carboxylic acids is 1. The molecular formula is C15H29N3O2. The molecular weight excluding hydrogens is 254 g/mol.